The maximum Gasteiger partial charge on any atom is 0.237 e. The van der Waals surface area contributed by atoms with Crippen LogP contribution in [-0.2, 0) is 11.3 Å². The predicted octanol–water partition coefficient (Wildman–Crippen LogP) is 4.91. The molecule has 0 bridgehead atoms. The minimum Gasteiger partial charge on any atom is -0.494 e. The van der Waals surface area contributed by atoms with Gasteiger partial charge in [0.1, 0.15) is 11.6 Å². The van der Waals surface area contributed by atoms with Gasteiger partial charge in [0.15, 0.2) is 11.0 Å². The van der Waals surface area contributed by atoms with Gasteiger partial charge in [-0.25, -0.2) is 4.39 Å². The summed E-state index contributed by atoms with van der Waals surface area (Å²) in [5, 5.41) is 12.0. The molecule has 1 aliphatic rings. The third-order valence-corrected chi connectivity index (χ3v) is 6.73. The van der Waals surface area contributed by atoms with Crippen LogP contribution in [0.3, 0.4) is 0 Å². The molecule has 4 rings (SSSR count). The number of piperidine rings is 1. The van der Waals surface area contributed by atoms with E-state index in [0.29, 0.717) is 24.0 Å². The van der Waals surface area contributed by atoms with Gasteiger partial charge in [-0.1, -0.05) is 18.2 Å². The fourth-order valence-corrected chi connectivity index (χ4v) is 4.79. The molecule has 2 heterocycles. The van der Waals surface area contributed by atoms with Crippen LogP contribution in [0.4, 0.5) is 10.1 Å². The number of benzene rings is 2. The summed E-state index contributed by atoms with van der Waals surface area (Å²) >= 11 is 1.33. The Morgan fingerprint density at radius 2 is 1.79 bits per heavy atom. The first kappa shape index (κ1) is 24.2. The molecule has 1 aromatic heterocycles. The molecule has 0 saturated carbocycles. The fraction of sp³-hybridized carbons (Fsp3) is 0.400. The van der Waals surface area contributed by atoms with E-state index in [9.17, 15) is 9.18 Å². The second kappa shape index (κ2) is 11.5. The average Bonchev–Trinajstić information content (AvgIpc) is 3.23. The van der Waals surface area contributed by atoms with Crippen LogP contribution in [0.1, 0.15) is 38.9 Å². The van der Waals surface area contributed by atoms with Crippen LogP contribution >= 0.6 is 11.8 Å². The first-order valence-corrected chi connectivity index (χ1v) is 12.5. The summed E-state index contributed by atoms with van der Waals surface area (Å²) in [6.45, 7) is 7.07. The highest BCUT2D eigenvalue weighted by molar-refractivity contribution is 8.00. The standard InChI is InChI=1S/C25H30FN5O2S/c1-3-33-22-13-9-20(10-14-22)27-24(32)18(2)34-25-29-28-23(17-30-15-5-4-6-16-30)31(25)21-11-7-19(26)8-12-21/h7-14,18H,3-6,15-17H2,1-2H3,(H,27,32). The zero-order chi connectivity index (χ0) is 23.9. The Morgan fingerprint density at radius 1 is 1.09 bits per heavy atom. The maximum absolute atomic E-state index is 13.6. The van der Waals surface area contributed by atoms with Crippen LogP contribution in [0.2, 0.25) is 0 Å². The number of nitrogens with one attached hydrogen (secondary N) is 1. The van der Waals surface area contributed by atoms with E-state index in [1.165, 1.54) is 43.2 Å². The van der Waals surface area contributed by atoms with Gasteiger partial charge in [0.25, 0.3) is 0 Å². The number of thioether (sulfide) groups is 1. The number of hydrogen-bond donors (Lipinski definition) is 1. The zero-order valence-electron chi connectivity index (χ0n) is 19.5. The molecule has 1 unspecified atom stereocenters. The number of likely N-dealkylation sites (tertiary alicyclic amines) is 1. The van der Waals surface area contributed by atoms with Crippen molar-refractivity contribution in [1.82, 2.24) is 19.7 Å². The summed E-state index contributed by atoms with van der Waals surface area (Å²) in [5.74, 6) is 1.11. The van der Waals surface area contributed by atoms with Crippen molar-refractivity contribution in [1.29, 1.82) is 0 Å². The molecule has 1 saturated heterocycles. The monoisotopic (exact) mass is 483 g/mol. The number of carbonyl (C=O) groups excluding carboxylic acids is 1. The number of halogens is 1. The lowest BCUT2D eigenvalue weighted by atomic mass is 10.1. The van der Waals surface area contributed by atoms with Crippen LogP contribution in [0.25, 0.3) is 5.69 Å². The van der Waals surface area contributed by atoms with Crippen LogP contribution in [0.15, 0.2) is 53.7 Å². The summed E-state index contributed by atoms with van der Waals surface area (Å²) in [7, 11) is 0. The average molecular weight is 484 g/mol. The third-order valence-electron chi connectivity index (χ3n) is 5.68. The van der Waals surface area contributed by atoms with E-state index in [1.54, 1.807) is 12.1 Å². The molecule has 34 heavy (non-hydrogen) atoms. The van der Waals surface area contributed by atoms with Crippen molar-refractivity contribution in [2.24, 2.45) is 0 Å². The number of aromatic nitrogens is 3. The molecular formula is C25H30FN5O2S. The zero-order valence-corrected chi connectivity index (χ0v) is 20.4. The van der Waals surface area contributed by atoms with Gasteiger partial charge < -0.3 is 10.1 Å². The van der Waals surface area contributed by atoms with Crippen molar-refractivity contribution in [3.05, 3.63) is 60.2 Å². The summed E-state index contributed by atoms with van der Waals surface area (Å²) < 4.78 is 21.0. The van der Waals surface area contributed by atoms with E-state index in [4.69, 9.17) is 4.74 Å². The molecule has 1 amide bonds. The lowest BCUT2D eigenvalue weighted by molar-refractivity contribution is -0.115. The fourth-order valence-electron chi connectivity index (χ4n) is 3.90. The topological polar surface area (TPSA) is 72.3 Å². The highest BCUT2D eigenvalue weighted by Crippen LogP contribution is 2.28. The van der Waals surface area contributed by atoms with Crippen molar-refractivity contribution in [3.63, 3.8) is 0 Å². The second-order valence-electron chi connectivity index (χ2n) is 8.25. The molecule has 1 fully saturated rings. The molecule has 1 N–H and O–H groups in total. The van der Waals surface area contributed by atoms with Gasteiger partial charge in [0.2, 0.25) is 5.91 Å². The lowest BCUT2D eigenvalue weighted by Gasteiger charge is -2.26. The molecule has 7 nitrogen and oxygen atoms in total. The Labute approximate surface area is 203 Å². The van der Waals surface area contributed by atoms with Crippen molar-refractivity contribution in [2.45, 2.75) is 50.1 Å². The molecular weight excluding hydrogens is 453 g/mol. The summed E-state index contributed by atoms with van der Waals surface area (Å²) in [4.78, 5) is 15.2. The molecule has 0 radical (unpaired) electrons. The number of hydrogen-bond acceptors (Lipinski definition) is 6. The summed E-state index contributed by atoms with van der Waals surface area (Å²) in [6.07, 6.45) is 3.60. The summed E-state index contributed by atoms with van der Waals surface area (Å²) in [6, 6.07) is 13.6. The van der Waals surface area contributed by atoms with Gasteiger partial charge in [0, 0.05) is 11.4 Å². The minimum absolute atomic E-state index is 0.139. The van der Waals surface area contributed by atoms with Crippen LogP contribution < -0.4 is 10.1 Å². The Balaban J connectivity index is 1.50. The normalized spacial score (nSPS) is 15.1. The third kappa shape index (κ3) is 6.15. The predicted molar refractivity (Wildman–Crippen MR) is 132 cm³/mol. The molecule has 1 aliphatic heterocycles. The molecule has 0 spiro atoms. The molecule has 1 atom stereocenters. The van der Waals surface area contributed by atoms with Gasteiger partial charge in [-0.3, -0.25) is 14.3 Å². The lowest BCUT2D eigenvalue weighted by Crippen LogP contribution is -2.30. The van der Waals surface area contributed by atoms with E-state index in [0.717, 1.165) is 30.4 Å². The largest absolute Gasteiger partial charge is 0.494 e. The highest BCUT2D eigenvalue weighted by atomic mass is 32.2. The number of nitrogens with zero attached hydrogens (tertiary/aromatic N) is 4. The van der Waals surface area contributed by atoms with Crippen molar-refractivity contribution < 1.29 is 13.9 Å². The van der Waals surface area contributed by atoms with Crippen molar-refractivity contribution in [2.75, 3.05) is 25.0 Å². The number of rotatable bonds is 9. The second-order valence-corrected chi connectivity index (χ2v) is 9.56. The van der Waals surface area contributed by atoms with Crippen LogP contribution in [-0.4, -0.2) is 50.5 Å². The SMILES string of the molecule is CCOc1ccc(NC(=O)C(C)Sc2nnc(CN3CCCCC3)n2-c2ccc(F)cc2)cc1. The number of carbonyl (C=O) groups is 1. The molecule has 3 aromatic rings. The van der Waals surface area contributed by atoms with E-state index < -0.39 is 5.25 Å². The molecule has 2 aromatic carbocycles. The Bertz CT molecular complexity index is 1080. The van der Waals surface area contributed by atoms with Crippen LogP contribution in [0.5, 0.6) is 5.75 Å². The van der Waals surface area contributed by atoms with E-state index in [1.807, 2.05) is 42.7 Å². The molecule has 0 aliphatic carbocycles. The first-order valence-electron chi connectivity index (χ1n) is 11.7. The van der Waals surface area contributed by atoms with Crippen molar-refractivity contribution in [3.8, 4) is 11.4 Å². The molecule has 180 valence electrons. The van der Waals surface area contributed by atoms with Gasteiger partial charge in [0.05, 0.1) is 18.4 Å². The number of anilines is 1. The van der Waals surface area contributed by atoms with Gasteiger partial charge in [-0.2, -0.15) is 0 Å². The minimum atomic E-state index is -0.419. The van der Waals surface area contributed by atoms with E-state index in [2.05, 4.69) is 20.4 Å². The van der Waals surface area contributed by atoms with Gasteiger partial charge in [-0.15, -0.1) is 10.2 Å². The Kier molecular flexibility index (Phi) is 8.18. The van der Waals surface area contributed by atoms with Crippen LogP contribution in [0, 0.1) is 5.82 Å². The molecule has 9 heteroatoms. The van der Waals surface area contributed by atoms with Gasteiger partial charge >= 0.3 is 0 Å². The van der Waals surface area contributed by atoms with Gasteiger partial charge in [-0.05, 0) is 88.3 Å². The first-order chi connectivity index (χ1) is 16.5. The Hall–Kier alpha value is -2.91. The quantitative estimate of drug-likeness (QED) is 0.436. The summed E-state index contributed by atoms with van der Waals surface area (Å²) in [5.41, 5.74) is 1.48. The Morgan fingerprint density at radius 3 is 2.47 bits per heavy atom. The maximum atomic E-state index is 13.6. The number of amides is 1. The highest BCUT2D eigenvalue weighted by Gasteiger charge is 2.23. The van der Waals surface area contributed by atoms with E-state index in [-0.39, 0.29) is 11.7 Å². The number of ether oxygens (including phenoxy) is 1. The van der Waals surface area contributed by atoms with Crippen molar-refractivity contribution >= 4 is 23.4 Å². The van der Waals surface area contributed by atoms with E-state index >= 15 is 0 Å². The smallest absolute Gasteiger partial charge is 0.237 e.